The van der Waals surface area contributed by atoms with Crippen molar-refractivity contribution < 1.29 is 0 Å². The van der Waals surface area contributed by atoms with Gasteiger partial charge >= 0.3 is 0 Å². The zero-order chi connectivity index (χ0) is 20.1. The highest BCUT2D eigenvalue weighted by Gasteiger charge is 2.03. The van der Waals surface area contributed by atoms with Crippen molar-refractivity contribution in [3.8, 4) is 23.7 Å². The first-order valence-electron chi connectivity index (χ1n) is 9.34. The van der Waals surface area contributed by atoms with E-state index in [1.54, 1.807) is 0 Å². The molecule has 0 N–H and O–H groups in total. The lowest BCUT2D eigenvalue weighted by molar-refractivity contribution is 0.571. The lowest BCUT2D eigenvalue weighted by Crippen LogP contribution is -1.99. The Balaban J connectivity index is 0.000000271. The van der Waals surface area contributed by atoms with E-state index in [2.05, 4.69) is 51.4 Å². The topological polar surface area (TPSA) is 0 Å². The summed E-state index contributed by atoms with van der Waals surface area (Å²) in [5.74, 6) is 12.4. The highest BCUT2D eigenvalue weighted by molar-refractivity contribution is 6.32. The third-order valence-corrected chi connectivity index (χ3v) is 4.11. The third-order valence-electron chi connectivity index (χ3n) is 3.45. The monoisotopic (exact) mass is 398 g/mol. The van der Waals surface area contributed by atoms with E-state index < -0.39 is 0 Å². The van der Waals surface area contributed by atoms with E-state index in [0.29, 0.717) is 0 Å². The Morgan fingerprint density at radius 1 is 0.778 bits per heavy atom. The van der Waals surface area contributed by atoms with Crippen LogP contribution >= 0.6 is 23.2 Å². The summed E-state index contributed by atoms with van der Waals surface area (Å²) in [7, 11) is 0. The van der Waals surface area contributed by atoms with Gasteiger partial charge in [0.25, 0.3) is 0 Å². The molecule has 0 aromatic heterocycles. The van der Waals surface area contributed by atoms with Gasteiger partial charge in [0.2, 0.25) is 0 Å². The number of unbranched alkanes of at least 4 members (excludes halogenated alkanes) is 3. The summed E-state index contributed by atoms with van der Waals surface area (Å²) < 4.78 is 0. The molecule has 0 amide bonds. The molecule has 0 saturated carbocycles. The molecule has 0 aliphatic rings. The number of rotatable bonds is 3. The van der Waals surface area contributed by atoms with Gasteiger partial charge in [-0.1, -0.05) is 90.9 Å². The molecule has 0 spiro atoms. The van der Waals surface area contributed by atoms with Crippen molar-refractivity contribution >= 4 is 23.2 Å². The van der Waals surface area contributed by atoms with Crippen molar-refractivity contribution in [2.75, 3.05) is 0 Å². The normalized spacial score (nSPS) is 9.85. The lowest BCUT2D eigenvalue weighted by atomic mass is 9.97. The van der Waals surface area contributed by atoms with Crippen molar-refractivity contribution in [3.63, 3.8) is 0 Å². The number of halogens is 2. The van der Waals surface area contributed by atoms with E-state index in [-0.39, 0.29) is 5.41 Å². The van der Waals surface area contributed by atoms with Gasteiger partial charge in [-0.25, -0.2) is 0 Å². The van der Waals surface area contributed by atoms with Gasteiger partial charge in [-0.05, 0) is 51.5 Å². The smallest absolute Gasteiger partial charge is 0.0562 e. The second-order valence-electron chi connectivity index (χ2n) is 7.22. The van der Waals surface area contributed by atoms with Crippen LogP contribution in [0.5, 0.6) is 0 Å². The third kappa shape index (κ3) is 10.8. The van der Waals surface area contributed by atoms with Crippen molar-refractivity contribution in [2.45, 2.75) is 53.4 Å². The SMILES string of the molecule is CC(C)(C)C#Cc1ccccc1Cl.CCCCCC#Cc1ccccc1Cl. The molecular formula is C25H28Cl2. The van der Waals surface area contributed by atoms with Gasteiger partial charge in [-0.2, -0.15) is 0 Å². The van der Waals surface area contributed by atoms with Gasteiger partial charge in [0.05, 0.1) is 10.0 Å². The molecule has 0 aliphatic heterocycles. The van der Waals surface area contributed by atoms with E-state index in [4.69, 9.17) is 23.2 Å². The maximum atomic E-state index is 5.96. The number of hydrogen-bond acceptors (Lipinski definition) is 0. The molecule has 0 fully saturated rings. The van der Waals surface area contributed by atoms with E-state index in [1.807, 2.05) is 48.5 Å². The number of benzene rings is 2. The molecule has 0 unspecified atom stereocenters. The minimum absolute atomic E-state index is 0.0270. The van der Waals surface area contributed by atoms with Gasteiger partial charge in [-0.3, -0.25) is 0 Å². The fraction of sp³-hybridized carbons (Fsp3) is 0.360. The van der Waals surface area contributed by atoms with Crippen LogP contribution < -0.4 is 0 Å². The second-order valence-corrected chi connectivity index (χ2v) is 8.03. The molecular weight excluding hydrogens is 371 g/mol. The second kappa shape index (κ2) is 12.5. The molecule has 0 atom stereocenters. The van der Waals surface area contributed by atoms with E-state index in [0.717, 1.165) is 27.6 Å². The summed E-state index contributed by atoms with van der Waals surface area (Å²) in [6.07, 6.45) is 4.66. The summed E-state index contributed by atoms with van der Waals surface area (Å²) >= 11 is 11.9. The fourth-order valence-corrected chi connectivity index (χ4v) is 2.37. The number of hydrogen-bond donors (Lipinski definition) is 0. The molecule has 0 bridgehead atoms. The van der Waals surface area contributed by atoms with Crippen molar-refractivity contribution in [2.24, 2.45) is 5.41 Å². The Kier molecular flexibility index (Phi) is 10.7. The Morgan fingerprint density at radius 3 is 1.78 bits per heavy atom. The molecule has 2 heteroatoms. The van der Waals surface area contributed by atoms with Crippen LogP contribution in [0.3, 0.4) is 0 Å². The summed E-state index contributed by atoms with van der Waals surface area (Å²) in [6.45, 7) is 8.44. The summed E-state index contributed by atoms with van der Waals surface area (Å²) in [6, 6.07) is 15.3. The fourth-order valence-electron chi connectivity index (χ4n) is 2.00. The average Bonchev–Trinajstić information content (AvgIpc) is 2.62. The van der Waals surface area contributed by atoms with Gasteiger partial charge in [0.15, 0.2) is 0 Å². The van der Waals surface area contributed by atoms with Crippen LogP contribution in [0.2, 0.25) is 10.0 Å². The average molecular weight is 399 g/mol. The molecule has 0 heterocycles. The Labute approximate surface area is 175 Å². The first kappa shape index (κ1) is 23.2. The van der Waals surface area contributed by atoms with Crippen LogP contribution in [-0.4, -0.2) is 0 Å². The molecule has 0 radical (unpaired) electrons. The highest BCUT2D eigenvalue weighted by Crippen LogP contribution is 2.16. The van der Waals surface area contributed by atoms with Gasteiger partial charge in [-0.15, -0.1) is 0 Å². The zero-order valence-electron chi connectivity index (χ0n) is 16.7. The standard InChI is InChI=1S/C13H15Cl.C12H13Cl/c1-2-3-4-5-6-9-12-10-7-8-11-13(12)14;1-12(2,3)9-8-10-6-4-5-7-11(10)13/h7-8,10-11H,2-5H2,1H3;4-7H,1-3H3. The minimum atomic E-state index is 0.0270. The maximum Gasteiger partial charge on any atom is 0.0562 e. The van der Waals surface area contributed by atoms with Crippen LogP contribution in [-0.2, 0) is 0 Å². The Morgan fingerprint density at radius 2 is 1.30 bits per heavy atom. The van der Waals surface area contributed by atoms with E-state index >= 15 is 0 Å². The van der Waals surface area contributed by atoms with Crippen LogP contribution in [0, 0.1) is 29.1 Å². The van der Waals surface area contributed by atoms with Crippen LogP contribution in [0.15, 0.2) is 48.5 Å². The predicted molar refractivity (Wildman–Crippen MR) is 120 cm³/mol. The Bertz CT molecular complexity index is 821. The maximum absolute atomic E-state index is 5.96. The van der Waals surface area contributed by atoms with Crippen molar-refractivity contribution in [1.29, 1.82) is 0 Å². The predicted octanol–water partition coefficient (Wildman–Crippen LogP) is 8.01. The zero-order valence-corrected chi connectivity index (χ0v) is 18.2. The molecule has 0 nitrogen and oxygen atoms in total. The molecule has 2 aromatic rings. The Hall–Kier alpha value is -1.86. The first-order valence-corrected chi connectivity index (χ1v) is 10.1. The minimum Gasteiger partial charge on any atom is -0.0978 e. The van der Waals surface area contributed by atoms with E-state index in [9.17, 15) is 0 Å². The molecule has 0 aliphatic carbocycles. The van der Waals surface area contributed by atoms with Gasteiger partial charge in [0, 0.05) is 23.0 Å². The van der Waals surface area contributed by atoms with Gasteiger partial charge < -0.3 is 0 Å². The van der Waals surface area contributed by atoms with Crippen LogP contribution in [0.1, 0.15) is 64.5 Å². The van der Waals surface area contributed by atoms with E-state index in [1.165, 1.54) is 19.3 Å². The molecule has 2 aromatic carbocycles. The first-order chi connectivity index (χ1) is 12.8. The molecule has 0 saturated heterocycles. The summed E-state index contributed by atoms with van der Waals surface area (Å²) in [5, 5.41) is 1.47. The van der Waals surface area contributed by atoms with Crippen molar-refractivity contribution in [1.82, 2.24) is 0 Å². The lowest BCUT2D eigenvalue weighted by Gasteiger charge is -2.06. The van der Waals surface area contributed by atoms with Gasteiger partial charge in [0.1, 0.15) is 0 Å². The molecule has 2 rings (SSSR count). The largest absolute Gasteiger partial charge is 0.0978 e. The summed E-state index contributed by atoms with van der Waals surface area (Å²) in [5.41, 5.74) is 1.86. The van der Waals surface area contributed by atoms with Crippen LogP contribution in [0.25, 0.3) is 0 Å². The molecule has 142 valence electrons. The quantitative estimate of drug-likeness (QED) is 0.362. The highest BCUT2D eigenvalue weighted by atomic mass is 35.5. The van der Waals surface area contributed by atoms with Crippen LogP contribution in [0.4, 0.5) is 0 Å². The van der Waals surface area contributed by atoms with Crippen molar-refractivity contribution in [3.05, 3.63) is 69.7 Å². The molecule has 27 heavy (non-hydrogen) atoms. The summed E-state index contributed by atoms with van der Waals surface area (Å²) in [4.78, 5) is 0.